The lowest BCUT2D eigenvalue weighted by molar-refractivity contribution is 0.0889. The average Bonchev–Trinajstić information content (AvgIpc) is 2.79. The minimum Gasteiger partial charge on any atom is -0.330 e. The summed E-state index contributed by atoms with van der Waals surface area (Å²) in [6.45, 7) is 2.38. The molecule has 0 aromatic heterocycles. The summed E-state index contributed by atoms with van der Waals surface area (Å²) < 4.78 is 13.7. The number of benzene rings is 1. The molecule has 2 rings (SSSR count). The first-order chi connectivity index (χ1) is 8.13. The SMILES string of the molecule is Cc1ccc(F)c(C(=O)C2CCCC2CN)c1. The molecule has 1 aromatic carbocycles. The van der Waals surface area contributed by atoms with E-state index in [0.29, 0.717) is 6.54 Å². The van der Waals surface area contributed by atoms with Crippen LogP contribution in [-0.2, 0) is 0 Å². The fraction of sp³-hybridized carbons (Fsp3) is 0.500. The predicted molar refractivity (Wildman–Crippen MR) is 65.4 cm³/mol. The van der Waals surface area contributed by atoms with Gasteiger partial charge in [0.1, 0.15) is 5.82 Å². The Labute approximate surface area is 101 Å². The van der Waals surface area contributed by atoms with Gasteiger partial charge in [-0.05, 0) is 44.4 Å². The van der Waals surface area contributed by atoms with E-state index in [0.717, 1.165) is 24.8 Å². The highest BCUT2D eigenvalue weighted by Crippen LogP contribution is 2.34. The van der Waals surface area contributed by atoms with Crippen molar-refractivity contribution in [3.63, 3.8) is 0 Å². The van der Waals surface area contributed by atoms with Crippen LogP contribution in [0.15, 0.2) is 18.2 Å². The molecule has 1 aliphatic carbocycles. The van der Waals surface area contributed by atoms with Crippen molar-refractivity contribution in [1.29, 1.82) is 0 Å². The minimum atomic E-state index is -0.414. The van der Waals surface area contributed by atoms with E-state index in [9.17, 15) is 9.18 Å². The maximum atomic E-state index is 13.7. The molecule has 1 aromatic rings. The van der Waals surface area contributed by atoms with Crippen molar-refractivity contribution >= 4 is 5.78 Å². The van der Waals surface area contributed by atoms with Crippen LogP contribution in [0.25, 0.3) is 0 Å². The molecule has 2 atom stereocenters. The summed E-state index contributed by atoms with van der Waals surface area (Å²) in [5.41, 5.74) is 6.81. The molecule has 1 saturated carbocycles. The van der Waals surface area contributed by atoms with Gasteiger partial charge in [-0.15, -0.1) is 0 Å². The third-order valence-corrected chi connectivity index (χ3v) is 3.69. The zero-order chi connectivity index (χ0) is 12.4. The van der Waals surface area contributed by atoms with Crippen LogP contribution < -0.4 is 5.73 Å². The highest BCUT2D eigenvalue weighted by molar-refractivity contribution is 5.98. The predicted octanol–water partition coefficient (Wildman–Crippen LogP) is 2.69. The molecule has 0 saturated heterocycles. The number of aryl methyl sites for hydroxylation is 1. The Morgan fingerprint density at radius 2 is 2.24 bits per heavy atom. The van der Waals surface area contributed by atoms with Crippen LogP contribution in [0.1, 0.15) is 35.2 Å². The summed E-state index contributed by atoms with van der Waals surface area (Å²) in [7, 11) is 0. The van der Waals surface area contributed by atoms with Crippen molar-refractivity contribution in [3.8, 4) is 0 Å². The summed E-state index contributed by atoms with van der Waals surface area (Å²) in [6.07, 6.45) is 2.85. The van der Waals surface area contributed by atoms with E-state index in [2.05, 4.69) is 0 Å². The standard InChI is InChI=1S/C14H18FNO/c1-9-5-6-13(15)12(7-9)14(17)11-4-2-3-10(11)8-16/h5-7,10-11H,2-4,8,16H2,1H3. The van der Waals surface area contributed by atoms with Gasteiger partial charge in [0, 0.05) is 5.92 Å². The number of carbonyl (C=O) groups excluding carboxylic acids is 1. The van der Waals surface area contributed by atoms with Gasteiger partial charge in [0.05, 0.1) is 5.56 Å². The van der Waals surface area contributed by atoms with Crippen LogP contribution in [-0.4, -0.2) is 12.3 Å². The van der Waals surface area contributed by atoms with E-state index < -0.39 is 5.82 Å². The quantitative estimate of drug-likeness (QED) is 0.818. The van der Waals surface area contributed by atoms with E-state index in [-0.39, 0.29) is 23.2 Å². The molecule has 2 unspecified atom stereocenters. The Bertz CT molecular complexity index is 430. The summed E-state index contributed by atoms with van der Waals surface area (Å²) in [6, 6.07) is 4.69. The molecule has 92 valence electrons. The van der Waals surface area contributed by atoms with Crippen molar-refractivity contribution in [1.82, 2.24) is 0 Å². The Morgan fingerprint density at radius 1 is 1.47 bits per heavy atom. The Kier molecular flexibility index (Phi) is 3.57. The third kappa shape index (κ3) is 2.39. The van der Waals surface area contributed by atoms with Gasteiger partial charge >= 0.3 is 0 Å². The number of rotatable bonds is 3. The number of halogens is 1. The summed E-state index contributed by atoms with van der Waals surface area (Å²) >= 11 is 0. The number of nitrogens with two attached hydrogens (primary N) is 1. The maximum absolute atomic E-state index is 13.7. The highest BCUT2D eigenvalue weighted by Gasteiger charge is 2.33. The van der Waals surface area contributed by atoms with E-state index in [1.165, 1.54) is 6.07 Å². The highest BCUT2D eigenvalue weighted by atomic mass is 19.1. The zero-order valence-corrected chi connectivity index (χ0v) is 10.1. The maximum Gasteiger partial charge on any atom is 0.169 e. The van der Waals surface area contributed by atoms with Gasteiger partial charge in [-0.25, -0.2) is 4.39 Å². The summed E-state index contributed by atoms with van der Waals surface area (Å²) in [4.78, 5) is 12.3. The topological polar surface area (TPSA) is 43.1 Å². The number of Topliss-reactive ketones (excluding diaryl/α,β-unsaturated/α-hetero) is 1. The van der Waals surface area contributed by atoms with Crippen molar-refractivity contribution in [3.05, 3.63) is 35.1 Å². The van der Waals surface area contributed by atoms with Crippen LogP contribution in [0, 0.1) is 24.6 Å². The van der Waals surface area contributed by atoms with Crippen LogP contribution in [0.4, 0.5) is 4.39 Å². The van der Waals surface area contributed by atoms with Gasteiger partial charge in [-0.2, -0.15) is 0 Å². The van der Waals surface area contributed by atoms with E-state index in [1.54, 1.807) is 12.1 Å². The molecule has 0 aliphatic heterocycles. The van der Waals surface area contributed by atoms with E-state index >= 15 is 0 Å². The monoisotopic (exact) mass is 235 g/mol. The number of ketones is 1. The molecule has 0 heterocycles. The van der Waals surface area contributed by atoms with Crippen molar-refractivity contribution in [2.45, 2.75) is 26.2 Å². The van der Waals surface area contributed by atoms with Crippen molar-refractivity contribution in [2.24, 2.45) is 17.6 Å². The lowest BCUT2D eigenvalue weighted by atomic mass is 9.88. The fourth-order valence-electron chi connectivity index (χ4n) is 2.69. The lowest BCUT2D eigenvalue weighted by Gasteiger charge is -2.17. The Hall–Kier alpha value is -1.22. The third-order valence-electron chi connectivity index (χ3n) is 3.69. The molecule has 3 heteroatoms. The fourth-order valence-corrected chi connectivity index (χ4v) is 2.69. The largest absolute Gasteiger partial charge is 0.330 e. The summed E-state index contributed by atoms with van der Waals surface area (Å²) in [5, 5.41) is 0. The molecule has 0 amide bonds. The number of carbonyl (C=O) groups is 1. The number of hydrogen-bond acceptors (Lipinski definition) is 2. The molecule has 0 radical (unpaired) electrons. The first-order valence-electron chi connectivity index (χ1n) is 6.14. The molecule has 1 aliphatic rings. The molecule has 2 nitrogen and oxygen atoms in total. The smallest absolute Gasteiger partial charge is 0.169 e. The molecule has 1 fully saturated rings. The molecule has 0 bridgehead atoms. The molecule has 0 spiro atoms. The van der Waals surface area contributed by atoms with Gasteiger partial charge in [-0.1, -0.05) is 18.1 Å². The van der Waals surface area contributed by atoms with Crippen LogP contribution >= 0.6 is 0 Å². The van der Waals surface area contributed by atoms with Crippen LogP contribution in [0.2, 0.25) is 0 Å². The van der Waals surface area contributed by atoms with Gasteiger partial charge in [-0.3, -0.25) is 4.79 Å². The zero-order valence-electron chi connectivity index (χ0n) is 10.1. The van der Waals surface area contributed by atoms with Gasteiger partial charge < -0.3 is 5.73 Å². The molecular weight excluding hydrogens is 217 g/mol. The molecule has 2 N–H and O–H groups in total. The normalized spacial score (nSPS) is 23.9. The Morgan fingerprint density at radius 3 is 2.94 bits per heavy atom. The van der Waals surface area contributed by atoms with Crippen LogP contribution in [0.5, 0.6) is 0 Å². The van der Waals surface area contributed by atoms with Crippen molar-refractivity contribution < 1.29 is 9.18 Å². The molecule has 17 heavy (non-hydrogen) atoms. The van der Waals surface area contributed by atoms with Gasteiger partial charge in [0.15, 0.2) is 5.78 Å². The van der Waals surface area contributed by atoms with Crippen LogP contribution in [0.3, 0.4) is 0 Å². The first-order valence-corrected chi connectivity index (χ1v) is 6.14. The number of hydrogen-bond donors (Lipinski definition) is 1. The minimum absolute atomic E-state index is 0.0702. The summed E-state index contributed by atoms with van der Waals surface area (Å²) in [5.74, 6) is -0.346. The first kappa shape index (κ1) is 12.2. The second-order valence-corrected chi connectivity index (χ2v) is 4.88. The van der Waals surface area contributed by atoms with Gasteiger partial charge in [0.2, 0.25) is 0 Å². The van der Waals surface area contributed by atoms with Gasteiger partial charge in [0.25, 0.3) is 0 Å². The van der Waals surface area contributed by atoms with E-state index in [4.69, 9.17) is 5.73 Å². The van der Waals surface area contributed by atoms with E-state index in [1.807, 2.05) is 6.92 Å². The average molecular weight is 235 g/mol. The second kappa shape index (κ2) is 4.96. The Balaban J connectivity index is 2.27. The molecular formula is C14H18FNO. The van der Waals surface area contributed by atoms with Crippen molar-refractivity contribution in [2.75, 3.05) is 6.54 Å². The lowest BCUT2D eigenvalue weighted by Crippen LogP contribution is -2.25. The second-order valence-electron chi connectivity index (χ2n) is 4.88.